The molecule has 1 aliphatic heterocycles. The summed E-state index contributed by atoms with van der Waals surface area (Å²) in [7, 11) is 0. The van der Waals surface area contributed by atoms with Gasteiger partial charge < -0.3 is 9.32 Å². The number of carbonyl (C=O) groups excluding carboxylic acids is 2. The third kappa shape index (κ3) is 4.33. The maximum Gasteiger partial charge on any atom is 0.471 e. The summed E-state index contributed by atoms with van der Waals surface area (Å²) < 4.78 is 42.4. The number of carbonyl (C=O) groups is 2. The lowest BCUT2D eigenvalue weighted by atomic mass is 9.97. The first kappa shape index (κ1) is 17.0. The van der Waals surface area contributed by atoms with E-state index in [0.717, 1.165) is 0 Å². The fourth-order valence-corrected chi connectivity index (χ4v) is 2.32. The van der Waals surface area contributed by atoms with Crippen LogP contribution in [0.3, 0.4) is 0 Å². The third-order valence-electron chi connectivity index (χ3n) is 3.53. The molecule has 1 saturated heterocycles. The van der Waals surface area contributed by atoms with Crippen LogP contribution in [0.15, 0.2) is 27.9 Å². The van der Waals surface area contributed by atoms with Crippen molar-refractivity contribution in [3.8, 4) is 0 Å². The van der Waals surface area contributed by atoms with Crippen LogP contribution in [0.5, 0.6) is 0 Å². The van der Waals surface area contributed by atoms with Crippen LogP contribution in [-0.4, -0.2) is 41.7 Å². The Labute approximate surface area is 130 Å². The van der Waals surface area contributed by atoms with E-state index in [4.69, 9.17) is 4.42 Å². The number of nitrogens with zero attached hydrogens (tertiary/aromatic N) is 2. The number of halogens is 3. The molecule has 1 atom stereocenters. The number of nitrogens with one attached hydrogen (secondary N) is 1. The van der Waals surface area contributed by atoms with Gasteiger partial charge in [-0.15, -0.1) is 0 Å². The molecule has 1 aliphatic rings. The molecule has 2 rings (SSSR count). The molecular formula is C14H16F3N3O3. The van der Waals surface area contributed by atoms with Gasteiger partial charge in [-0.3, -0.25) is 9.59 Å². The zero-order chi connectivity index (χ0) is 17.0. The highest BCUT2D eigenvalue weighted by molar-refractivity contribution is 5.96. The summed E-state index contributed by atoms with van der Waals surface area (Å²) in [5.41, 5.74) is 2.74. The average molecular weight is 331 g/mol. The topological polar surface area (TPSA) is 74.9 Å². The zero-order valence-corrected chi connectivity index (χ0v) is 12.4. The van der Waals surface area contributed by atoms with Gasteiger partial charge in [-0.25, -0.2) is 5.43 Å². The van der Waals surface area contributed by atoms with Gasteiger partial charge in [-0.05, 0) is 31.9 Å². The Morgan fingerprint density at radius 2 is 2.17 bits per heavy atom. The van der Waals surface area contributed by atoms with Crippen LogP contribution in [-0.2, 0) is 9.59 Å². The Morgan fingerprint density at radius 3 is 2.78 bits per heavy atom. The molecule has 2 heterocycles. The molecule has 2 amide bonds. The predicted octanol–water partition coefficient (Wildman–Crippen LogP) is 1.92. The van der Waals surface area contributed by atoms with Crippen molar-refractivity contribution in [2.24, 2.45) is 11.0 Å². The molecule has 126 valence electrons. The quantitative estimate of drug-likeness (QED) is 0.679. The molecule has 23 heavy (non-hydrogen) atoms. The molecule has 1 unspecified atom stereocenters. The van der Waals surface area contributed by atoms with Gasteiger partial charge in [0.1, 0.15) is 11.5 Å². The second kappa shape index (κ2) is 6.84. The van der Waals surface area contributed by atoms with Gasteiger partial charge in [-0.2, -0.15) is 18.3 Å². The molecule has 0 aliphatic carbocycles. The Balaban J connectivity index is 1.94. The molecule has 0 bridgehead atoms. The van der Waals surface area contributed by atoms with Crippen molar-refractivity contribution in [1.29, 1.82) is 0 Å². The molecule has 0 spiro atoms. The highest BCUT2D eigenvalue weighted by Gasteiger charge is 2.44. The average Bonchev–Trinajstić information content (AvgIpc) is 3.05. The molecule has 0 aromatic carbocycles. The molecule has 0 radical (unpaired) electrons. The van der Waals surface area contributed by atoms with Crippen molar-refractivity contribution in [2.75, 3.05) is 13.1 Å². The van der Waals surface area contributed by atoms with E-state index in [9.17, 15) is 22.8 Å². The van der Waals surface area contributed by atoms with Gasteiger partial charge in [0.05, 0.1) is 12.2 Å². The summed E-state index contributed by atoms with van der Waals surface area (Å²) in [5, 5.41) is 3.86. The van der Waals surface area contributed by atoms with Crippen molar-refractivity contribution < 1.29 is 27.2 Å². The number of amides is 2. The molecule has 1 fully saturated rings. The number of rotatable bonds is 3. The van der Waals surface area contributed by atoms with E-state index in [1.807, 2.05) is 0 Å². The number of hydrogen-bond donors (Lipinski definition) is 1. The summed E-state index contributed by atoms with van der Waals surface area (Å²) in [6.45, 7) is 1.36. The third-order valence-corrected chi connectivity index (χ3v) is 3.53. The van der Waals surface area contributed by atoms with E-state index in [1.54, 1.807) is 19.1 Å². The number of furan rings is 1. The smallest absolute Gasteiger partial charge is 0.463 e. The normalized spacial score (nSPS) is 19.6. The van der Waals surface area contributed by atoms with Crippen LogP contribution < -0.4 is 5.43 Å². The summed E-state index contributed by atoms with van der Waals surface area (Å²) in [6.07, 6.45) is -2.73. The van der Waals surface area contributed by atoms with Crippen LogP contribution in [0.4, 0.5) is 13.2 Å². The highest BCUT2D eigenvalue weighted by Crippen LogP contribution is 2.23. The number of hydrogen-bond acceptors (Lipinski definition) is 4. The Kier molecular flexibility index (Phi) is 5.07. The Hall–Kier alpha value is -2.32. The lowest BCUT2D eigenvalue weighted by molar-refractivity contribution is -0.187. The maximum absolute atomic E-state index is 12.4. The minimum Gasteiger partial charge on any atom is -0.463 e. The van der Waals surface area contributed by atoms with Crippen molar-refractivity contribution in [1.82, 2.24) is 10.3 Å². The Bertz CT molecular complexity index is 596. The Morgan fingerprint density at radius 1 is 1.43 bits per heavy atom. The monoisotopic (exact) mass is 331 g/mol. The first-order valence-corrected chi connectivity index (χ1v) is 7.03. The maximum atomic E-state index is 12.4. The molecule has 0 saturated carbocycles. The fraction of sp³-hybridized carbons (Fsp3) is 0.500. The van der Waals surface area contributed by atoms with E-state index in [1.165, 1.54) is 6.26 Å². The largest absolute Gasteiger partial charge is 0.471 e. The van der Waals surface area contributed by atoms with Gasteiger partial charge in [0.15, 0.2) is 0 Å². The minimum atomic E-state index is -4.92. The lowest BCUT2D eigenvalue weighted by Crippen LogP contribution is -2.49. The van der Waals surface area contributed by atoms with Crippen LogP contribution in [0, 0.1) is 5.92 Å². The standard InChI is InChI=1S/C14H16F3N3O3/c1-9(11-5-3-7-23-11)18-19-12(21)10-4-2-6-20(8-10)13(22)14(15,16)17/h3,5,7,10H,2,4,6,8H2,1H3,(H,19,21)/b18-9+. The lowest BCUT2D eigenvalue weighted by Gasteiger charge is -2.32. The van der Waals surface area contributed by atoms with E-state index in [2.05, 4.69) is 10.5 Å². The summed E-state index contributed by atoms with van der Waals surface area (Å²) in [5.74, 6) is -2.67. The molecule has 1 aromatic heterocycles. The van der Waals surface area contributed by atoms with E-state index >= 15 is 0 Å². The number of alkyl halides is 3. The number of piperidine rings is 1. The molecule has 1 aromatic rings. The van der Waals surface area contributed by atoms with Gasteiger partial charge >= 0.3 is 12.1 Å². The van der Waals surface area contributed by atoms with E-state index in [0.29, 0.717) is 29.2 Å². The van der Waals surface area contributed by atoms with Crippen LogP contribution >= 0.6 is 0 Å². The fourth-order valence-electron chi connectivity index (χ4n) is 2.32. The van der Waals surface area contributed by atoms with Gasteiger partial charge in [0.25, 0.3) is 0 Å². The second-order valence-electron chi connectivity index (χ2n) is 5.24. The van der Waals surface area contributed by atoms with Gasteiger partial charge in [0.2, 0.25) is 5.91 Å². The van der Waals surface area contributed by atoms with Gasteiger partial charge in [-0.1, -0.05) is 0 Å². The summed E-state index contributed by atoms with van der Waals surface area (Å²) >= 11 is 0. The minimum absolute atomic E-state index is 0.00316. The number of likely N-dealkylation sites (tertiary alicyclic amines) is 1. The molecule has 9 heteroatoms. The summed E-state index contributed by atoms with van der Waals surface area (Å²) in [6, 6.07) is 3.33. The highest BCUT2D eigenvalue weighted by atomic mass is 19.4. The molecule has 1 N–H and O–H groups in total. The SMILES string of the molecule is C/C(=N\NC(=O)C1CCCN(C(=O)C(F)(F)F)C1)c1ccco1. The van der Waals surface area contributed by atoms with Crippen molar-refractivity contribution in [3.05, 3.63) is 24.2 Å². The molecular weight excluding hydrogens is 315 g/mol. The van der Waals surface area contributed by atoms with Gasteiger partial charge in [0, 0.05) is 13.1 Å². The first-order valence-electron chi connectivity index (χ1n) is 7.03. The van der Waals surface area contributed by atoms with Crippen molar-refractivity contribution >= 4 is 17.5 Å². The second-order valence-corrected chi connectivity index (χ2v) is 5.24. The van der Waals surface area contributed by atoms with Crippen LogP contribution in [0.2, 0.25) is 0 Å². The van der Waals surface area contributed by atoms with Crippen molar-refractivity contribution in [3.63, 3.8) is 0 Å². The van der Waals surface area contributed by atoms with E-state index < -0.39 is 23.9 Å². The predicted molar refractivity (Wildman–Crippen MR) is 74.4 cm³/mol. The van der Waals surface area contributed by atoms with Crippen LogP contribution in [0.1, 0.15) is 25.5 Å². The zero-order valence-electron chi connectivity index (χ0n) is 12.4. The first-order chi connectivity index (χ1) is 10.8. The summed E-state index contributed by atoms with van der Waals surface area (Å²) in [4.78, 5) is 23.9. The van der Waals surface area contributed by atoms with Crippen molar-refractivity contribution in [2.45, 2.75) is 25.9 Å². The van der Waals surface area contributed by atoms with E-state index in [-0.39, 0.29) is 13.1 Å². The number of hydrazone groups is 1. The van der Waals surface area contributed by atoms with Crippen LogP contribution in [0.25, 0.3) is 0 Å². The molecule has 6 nitrogen and oxygen atoms in total.